The largest absolute Gasteiger partial charge is 0.347 e. The van der Waals surface area contributed by atoms with Crippen molar-refractivity contribution in [3.05, 3.63) is 12.7 Å². The van der Waals surface area contributed by atoms with E-state index in [1.54, 1.807) is 0 Å². The van der Waals surface area contributed by atoms with Crippen LogP contribution in [-0.2, 0) is 4.79 Å². The maximum atomic E-state index is 11.0. The van der Waals surface area contributed by atoms with Crippen LogP contribution in [0.15, 0.2) is 12.7 Å². The van der Waals surface area contributed by atoms with Crippen LogP contribution in [0.4, 0.5) is 0 Å². The molecule has 0 aromatic rings. The predicted molar refractivity (Wildman–Crippen MR) is 48.8 cm³/mol. The number of carbonyl (C=O) groups excluding carboxylic acids is 1. The number of hydrogen-bond donors (Lipinski definition) is 2. The van der Waals surface area contributed by atoms with E-state index in [-0.39, 0.29) is 11.4 Å². The van der Waals surface area contributed by atoms with E-state index in [1.165, 1.54) is 6.08 Å². The Bertz CT molecular complexity index is 183. The Hall–Kier alpha value is -0.830. The van der Waals surface area contributed by atoms with Gasteiger partial charge in [-0.05, 0) is 38.9 Å². The van der Waals surface area contributed by atoms with E-state index in [9.17, 15) is 4.79 Å². The topological polar surface area (TPSA) is 41.1 Å². The zero-order valence-electron chi connectivity index (χ0n) is 7.52. The van der Waals surface area contributed by atoms with Gasteiger partial charge in [0.05, 0.1) is 0 Å². The smallest absolute Gasteiger partial charge is 0.243 e. The summed E-state index contributed by atoms with van der Waals surface area (Å²) in [6.45, 7) is 7.47. The van der Waals surface area contributed by atoms with Gasteiger partial charge in [-0.25, -0.2) is 0 Å². The van der Waals surface area contributed by atoms with Crippen LogP contribution in [0.25, 0.3) is 0 Å². The molecule has 0 aromatic heterocycles. The summed E-state index contributed by atoms with van der Waals surface area (Å²) >= 11 is 0. The Morgan fingerprint density at radius 3 is 2.67 bits per heavy atom. The monoisotopic (exact) mass is 168 g/mol. The summed E-state index contributed by atoms with van der Waals surface area (Å²) in [6, 6.07) is 0. The number of hydrogen-bond acceptors (Lipinski definition) is 2. The highest BCUT2D eigenvalue weighted by Gasteiger charge is 2.27. The quantitative estimate of drug-likeness (QED) is 0.587. The second kappa shape index (κ2) is 3.72. The molecule has 0 aromatic carbocycles. The molecule has 0 radical (unpaired) electrons. The van der Waals surface area contributed by atoms with Gasteiger partial charge >= 0.3 is 0 Å². The molecule has 0 saturated carbocycles. The standard InChI is InChI=1S/C9H16N2O/c1-3-8(12)11-9(2)4-6-10-7-5-9/h3,10H,1,4-7H2,2H3,(H,11,12). The van der Waals surface area contributed by atoms with E-state index >= 15 is 0 Å². The van der Waals surface area contributed by atoms with Gasteiger partial charge in [-0.3, -0.25) is 4.79 Å². The van der Waals surface area contributed by atoms with Gasteiger partial charge in [0.2, 0.25) is 5.91 Å². The van der Waals surface area contributed by atoms with Crippen molar-refractivity contribution < 1.29 is 4.79 Å². The third-order valence-corrected chi connectivity index (χ3v) is 2.32. The minimum absolute atomic E-state index is 0.0312. The fourth-order valence-electron chi connectivity index (χ4n) is 1.45. The Balaban J connectivity index is 2.46. The average Bonchev–Trinajstić information content (AvgIpc) is 2.05. The van der Waals surface area contributed by atoms with E-state index in [0.717, 1.165) is 25.9 Å². The first kappa shape index (κ1) is 9.26. The molecule has 0 unspecified atom stereocenters. The Labute approximate surface area is 73.2 Å². The van der Waals surface area contributed by atoms with Gasteiger partial charge in [-0.2, -0.15) is 0 Å². The van der Waals surface area contributed by atoms with E-state index in [1.807, 2.05) is 0 Å². The average molecular weight is 168 g/mol. The van der Waals surface area contributed by atoms with Crippen LogP contribution in [0.3, 0.4) is 0 Å². The predicted octanol–water partition coefficient (Wildman–Crippen LogP) is 0.431. The first-order valence-corrected chi connectivity index (χ1v) is 4.32. The molecule has 1 aliphatic rings. The maximum absolute atomic E-state index is 11.0. The Kier molecular flexibility index (Phi) is 2.87. The van der Waals surface area contributed by atoms with E-state index in [4.69, 9.17) is 0 Å². The normalized spacial score (nSPS) is 21.4. The van der Waals surface area contributed by atoms with Crippen molar-refractivity contribution in [2.45, 2.75) is 25.3 Å². The molecule has 0 bridgehead atoms. The molecule has 1 heterocycles. The molecular weight excluding hydrogens is 152 g/mol. The lowest BCUT2D eigenvalue weighted by molar-refractivity contribution is -0.118. The van der Waals surface area contributed by atoms with Crippen LogP contribution < -0.4 is 10.6 Å². The minimum Gasteiger partial charge on any atom is -0.347 e. The molecule has 1 amide bonds. The second-order valence-electron chi connectivity index (χ2n) is 3.50. The van der Waals surface area contributed by atoms with Crippen LogP contribution in [-0.4, -0.2) is 24.5 Å². The molecule has 1 saturated heterocycles. The summed E-state index contributed by atoms with van der Waals surface area (Å²) in [5.41, 5.74) is -0.0312. The molecule has 68 valence electrons. The molecule has 0 aliphatic carbocycles. The highest BCUT2D eigenvalue weighted by atomic mass is 16.1. The highest BCUT2D eigenvalue weighted by Crippen LogP contribution is 2.16. The van der Waals surface area contributed by atoms with Crippen LogP contribution in [0, 0.1) is 0 Å². The lowest BCUT2D eigenvalue weighted by Crippen LogP contribution is -2.51. The molecule has 2 N–H and O–H groups in total. The van der Waals surface area contributed by atoms with Crippen LogP contribution in [0.2, 0.25) is 0 Å². The lowest BCUT2D eigenvalue weighted by atomic mass is 9.90. The van der Waals surface area contributed by atoms with Crippen molar-refractivity contribution in [3.8, 4) is 0 Å². The number of piperidine rings is 1. The first-order chi connectivity index (χ1) is 5.66. The summed E-state index contributed by atoms with van der Waals surface area (Å²) in [4.78, 5) is 11.0. The fraction of sp³-hybridized carbons (Fsp3) is 0.667. The van der Waals surface area contributed by atoms with Crippen LogP contribution in [0.1, 0.15) is 19.8 Å². The summed E-state index contributed by atoms with van der Waals surface area (Å²) < 4.78 is 0. The van der Waals surface area contributed by atoms with Crippen molar-refractivity contribution in [1.29, 1.82) is 0 Å². The first-order valence-electron chi connectivity index (χ1n) is 4.32. The zero-order valence-corrected chi connectivity index (χ0v) is 7.52. The van der Waals surface area contributed by atoms with E-state index in [0.29, 0.717) is 0 Å². The fourth-order valence-corrected chi connectivity index (χ4v) is 1.45. The van der Waals surface area contributed by atoms with Gasteiger partial charge in [-0.1, -0.05) is 6.58 Å². The van der Waals surface area contributed by atoms with Crippen molar-refractivity contribution in [2.24, 2.45) is 0 Å². The van der Waals surface area contributed by atoms with E-state index in [2.05, 4.69) is 24.1 Å². The molecule has 1 rings (SSSR count). The number of carbonyl (C=O) groups is 1. The molecular formula is C9H16N2O. The zero-order chi connectivity index (χ0) is 9.03. The van der Waals surface area contributed by atoms with Gasteiger partial charge in [0.1, 0.15) is 0 Å². The summed E-state index contributed by atoms with van der Waals surface area (Å²) in [7, 11) is 0. The van der Waals surface area contributed by atoms with Crippen LogP contribution in [0.5, 0.6) is 0 Å². The molecule has 1 aliphatic heterocycles. The van der Waals surface area contributed by atoms with Gasteiger partial charge in [0.15, 0.2) is 0 Å². The minimum atomic E-state index is -0.0700. The third-order valence-electron chi connectivity index (χ3n) is 2.32. The van der Waals surface area contributed by atoms with Crippen LogP contribution >= 0.6 is 0 Å². The third kappa shape index (κ3) is 2.34. The van der Waals surface area contributed by atoms with Crippen molar-refractivity contribution in [2.75, 3.05) is 13.1 Å². The molecule has 3 heteroatoms. The second-order valence-corrected chi connectivity index (χ2v) is 3.50. The van der Waals surface area contributed by atoms with Crippen molar-refractivity contribution >= 4 is 5.91 Å². The summed E-state index contributed by atoms with van der Waals surface area (Å²) in [5, 5.41) is 6.20. The van der Waals surface area contributed by atoms with Gasteiger partial charge < -0.3 is 10.6 Å². The Morgan fingerprint density at radius 2 is 2.17 bits per heavy atom. The van der Waals surface area contributed by atoms with Gasteiger partial charge in [0, 0.05) is 5.54 Å². The maximum Gasteiger partial charge on any atom is 0.243 e. The molecule has 3 nitrogen and oxygen atoms in total. The van der Waals surface area contributed by atoms with Crippen molar-refractivity contribution in [3.63, 3.8) is 0 Å². The molecule has 0 spiro atoms. The number of nitrogens with one attached hydrogen (secondary N) is 2. The van der Waals surface area contributed by atoms with Crippen molar-refractivity contribution in [1.82, 2.24) is 10.6 Å². The highest BCUT2D eigenvalue weighted by molar-refractivity contribution is 5.87. The molecule has 1 fully saturated rings. The number of rotatable bonds is 2. The lowest BCUT2D eigenvalue weighted by Gasteiger charge is -2.34. The molecule has 0 atom stereocenters. The SMILES string of the molecule is C=CC(=O)NC1(C)CCNCC1. The van der Waals surface area contributed by atoms with Gasteiger partial charge in [-0.15, -0.1) is 0 Å². The molecule has 12 heavy (non-hydrogen) atoms. The Morgan fingerprint density at radius 1 is 1.58 bits per heavy atom. The van der Waals surface area contributed by atoms with E-state index < -0.39 is 0 Å². The number of amides is 1. The van der Waals surface area contributed by atoms with Gasteiger partial charge in [0.25, 0.3) is 0 Å². The summed E-state index contributed by atoms with van der Waals surface area (Å²) in [5.74, 6) is -0.0700. The summed E-state index contributed by atoms with van der Waals surface area (Å²) in [6.07, 6.45) is 3.31.